The molecule has 1 N–H and O–H groups in total. The second kappa shape index (κ2) is 4.09. The molecule has 2 unspecified atom stereocenters. The molecule has 78 valence electrons. The van der Waals surface area contributed by atoms with Gasteiger partial charge in [0.2, 0.25) is 0 Å². The topological polar surface area (TPSA) is 51.0 Å². The Balaban J connectivity index is 1.85. The van der Waals surface area contributed by atoms with E-state index in [2.05, 4.69) is 27.2 Å². The number of hydrogen-bond donors (Lipinski definition) is 1. The highest BCUT2D eigenvalue weighted by molar-refractivity contribution is 5.04. The Bertz CT molecular complexity index is 297. The van der Waals surface area contributed by atoms with Gasteiger partial charge in [-0.25, -0.2) is 4.63 Å². The van der Waals surface area contributed by atoms with Gasteiger partial charge < -0.3 is 5.32 Å². The van der Waals surface area contributed by atoms with Crippen LogP contribution < -0.4 is 5.32 Å². The zero-order chi connectivity index (χ0) is 9.97. The molecule has 1 heterocycles. The van der Waals surface area contributed by atoms with Gasteiger partial charge in [-0.3, -0.25) is 0 Å². The normalized spacial score (nSPS) is 27.0. The highest BCUT2D eigenvalue weighted by Crippen LogP contribution is 2.24. The minimum atomic E-state index is 0.645. The van der Waals surface area contributed by atoms with Crippen molar-refractivity contribution in [2.75, 3.05) is 0 Å². The summed E-state index contributed by atoms with van der Waals surface area (Å²) in [6.07, 6.45) is 3.97. The van der Waals surface area contributed by atoms with Crippen LogP contribution in [0.4, 0.5) is 0 Å². The largest absolute Gasteiger partial charge is 0.308 e. The molecule has 1 aromatic rings. The van der Waals surface area contributed by atoms with E-state index < -0.39 is 0 Å². The molecule has 1 aromatic heterocycles. The van der Waals surface area contributed by atoms with E-state index in [0.29, 0.717) is 6.04 Å². The fourth-order valence-corrected chi connectivity index (χ4v) is 2.09. The average Bonchev–Trinajstić information content (AvgIpc) is 2.72. The fourth-order valence-electron chi connectivity index (χ4n) is 2.09. The molecule has 14 heavy (non-hydrogen) atoms. The molecule has 2 rings (SSSR count). The van der Waals surface area contributed by atoms with Gasteiger partial charge in [0.25, 0.3) is 0 Å². The quantitative estimate of drug-likeness (QED) is 0.796. The van der Waals surface area contributed by atoms with Crippen LogP contribution in [0, 0.1) is 12.8 Å². The third-order valence-electron chi connectivity index (χ3n) is 3.14. The Hall–Kier alpha value is -0.900. The Labute approximate surface area is 84.0 Å². The summed E-state index contributed by atoms with van der Waals surface area (Å²) in [5.74, 6) is 0.787. The molecule has 0 aliphatic heterocycles. The molecule has 0 bridgehead atoms. The number of aryl methyl sites for hydroxylation is 1. The summed E-state index contributed by atoms with van der Waals surface area (Å²) in [6.45, 7) is 5.01. The minimum Gasteiger partial charge on any atom is -0.308 e. The minimum absolute atomic E-state index is 0.645. The molecule has 2 atom stereocenters. The van der Waals surface area contributed by atoms with Crippen molar-refractivity contribution < 1.29 is 4.63 Å². The van der Waals surface area contributed by atoms with Crippen molar-refractivity contribution in [1.82, 2.24) is 15.6 Å². The molecule has 1 aliphatic rings. The number of aromatic nitrogens is 2. The molecular formula is C10H17N3O. The highest BCUT2D eigenvalue weighted by Gasteiger charge is 2.22. The first-order valence-corrected chi connectivity index (χ1v) is 5.29. The van der Waals surface area contributed by atoms with Gasteiger partial charge in [-0.15, -0.1) is 0 Å². The van der Waals surface area contributed by atoms with Crippen LogP contribution in [0.2, 0.25) is 0 Å². The van der Waals surface area contributed by atoms with E-state index >= 15 is 0 Å². The van der Waals surface area contributed by atoms with Gasteiger partial charge in [0.1, 0.15) is 11.4 Å². The summed E-state index contributed by atoms with van der Waals surface area (Å²) in [5, 5.41) is 11.1. The van der Waals surface area contributed by atoms with Crippen LogP contribution in [0.25, 0.3) is 0 Å². The number of rotatable bonds is 3. The van der Waals surface area contributed by atoms with Gasteiger partial charge in [-0.05, 0) is 25.7 Å². The maximum Gasteiger partial charge on any atom is 0.121 e. The van der Waals surface area contributed by atoms with Crippen molar-refractivity contribution in [1.29, 1.82) is 0 Å². The van der Waals surface area contributed by atoms with Crippen molar-refractivity contribution >= 4 is 0 Å². The second-order valence-electron chi connectivity index (χ2n) is 4.19. The zero-order valence-electron chi connectivity index (χ0n) is 8.79. The van der Waals surface area contributed by atoms with Gasteiger partial charge in [-0.2, -0.15) is 0 Å². The Kier molecular flexibility index (Phi) is 2.82. The molecule has 0 radical (unpaired) electrons. The van der Waals surface area contributed by atoms with Crippen LogP contribution in [0.3, 0.4) is 0 Å². The molecule has 0 aromatic carbocycles. The maximum atomic E-state index is 4.65. The lowest BCUT2D eigenvalue weighted by molar-refractivity contribution is 0.299. The Morgan fingerprint density at radius 2 is 2.29 bits per heavy atom. The summed E-state index contributed by atoms with van der Waals surface area (Å²) < 4.78 is 4.65. The predicted molar refractivity (Wildman–Crippen MR) is 52.7 cm³/mol. The third kappa shape index (κ3) is 1.95. The lowest BCUT2D eigenvalue weighted by Gasteiger charge is -2.15. The number of nitrogens with one attached hydrogen (secondary N) is 1. The second-order valence-corrected chi connectivity index (χ2v) is 4.19. The van der Waals surface area contributed by atoms with E-state index in [1.54, 1.807) is 0 Å². The van der Waals surface area contributed by atoms with E-state index in [0.717, 1.165) is 23.9 Å². The molecule has 4 heteroatoms. The van der Waals surface area contributed by atoms with Crippen LogP contribution in [0.5, 0.6) is 0 Å². The van der Waals surface area contributed by atoms with E-state index in [-0.39, 0.29) is 0 Å². The third-order valence-corrected chi connectivity index (χ3v) is 3.14. The Morgan fingerprint density at radius 1 is 1.43 bits per heavy atom. The molecule has 0 spiro atoms. The fraction of sp³-hybridized carbons (Fsp3) is 0.800. The number of nitrogens with zero attached hydrogens (tertiary/aromatic N) is 2. The van der Waals surface area contributed by atoms with Crippen molar-refractivity contribution in [3.63, 3.8) is 0 Å². The van der Waals surface area contributed by atoms with Crippen LogP contribution in [0.15, 0.2) is 4.63 Å². The molecular weight excluding hydrogens is 178 g/mol. The number of hydrogen-bond acceptors (Lipinski definition) is 4. The van der Waals surface area contributed by atoms with Crippen molar-refractivity contribution in [3.8, 4) is 0 Å². The van der Waals surface area contributed by atoms with Gasteiger partial charge >= 0.3 is 0 Å². The SMILES string of the molecule is Cc1nonc1CNC1CCCC1C. The van der Waals surface area contributed by atoms with Crippen LogP contribution in [-0.2, 0) is 6.54 Å². The first-order chi connectivity index (χ1) is 6.77. The van der Waals surface area contributed by atoms with Gasteiger partial charge in [0.15, 0.2) is 0 Å². The van der Waals surface area contributed by atoms with Crippen molar-refractivity contribution in [2.24, 2.45) is 5.92 Å². The lowest BCUT2D eigenvalue weighted by Crippen LogP contribution is -2.30. The monoisotopic (exact) mass is 195 g/mol. The van der Waals surface area contributed by atoms with Gasteiger partial charge in [-0.1, -0.05) is 23.7 Å². The van der Waals surface area contributed by atoms with Crippen molar-refractivity contribution in [3.05, 3.63) is 11.4 Å². The highest BCUT2D eigenvalue weighted by atomic mass is 16.6. The predicted octanol–water partition coefficient (Wildman–Crippen LogP) is 1.66. The standard InChI is InChI=1S/C10H17N3O/c1-7-4-3-5-9(7)11-6-10-8(2)12-14-13-10/h7,9,11H,3-6H2,1-2H3. The first kappa shape index (κ1) is 9.65. The van der Waals surface area contributed by atoms with Crippen LogP contribution in [-0.4, -0.2) is 16.4 Å². The summed E-state index contributed by atoms with van der Waals surface area (Å²) >= 11 is 0. The van der Waals surface area contributed by atoms with E-state index in [9.17, 15) is 0 Å². The van der Waals surface area contributed by atoms with Crippen molar-refractivity contribution in [2.45, 2.75) is 45.7 Å². The molecule has 1 saturated carbocycles. The first-order valence-electron chi connectivity index (χ1n) is 5.29. The molecule has 0 saturated heterocycles. The molecule has 1 aliphatic carbocycles. The maximum absolute atomic E-state index is 4.65. The summed E-state index contributed by atoms with van der Waals surface area (Å²) in [7, 11) is 0. The summed E-state index contributed by atoms with van der Waals surface area (Å²) in [6, 6.07) is 0.645. The molecule has 1 fully saturated rings. The lowest BCUT2D eigenvalue weighted by atomic mass is 10.1. The van der Waals surface area contributed by atoms with Gasteiger partial charge in [0.05, 0.1) is 0 Å². The van der Waals surface area contributed by atoms with E-state index in [4.69, 9.17) is 0 Å². The Morgan fingerprint density at radius 3 is 2.86 bits per heavy atom. The average molecular weight is 195 g/mol. The van der Waals surface area contributed by atoms with E-state index in [1.165, 1.54) is 19.3 Å². The smallest absolute Gasteiger partial charge is 0.121 e. The summed E-state index contributed by atoms with van der Waals surface area (Å²) in [5.41, 5.74) is 1.83. The summed E-state index contributed by atoms with van der Waals surface area (Å²) in [4.78, 5) is 0. The molecule has 4 nitrogen and oxygen atoms in total. The van der Waals surface area contributed by atoms with Gasteiger partial charge in [0, 0.05) is 12.6 Å². The zero-order valence-corrected chi connectivity index (χ0v) is 8.79. The van der Waals surface area contributed by atoms with Crippen LogP contribution in [0.1, 0.15) is 37.6 Å². The van der Waals surface area contributed by atoms with E-state index in [1.807, 2.05) is 6.92 Å². The molecule has 0 amide bonds. The van der Waals surface area contributed by atoms with Crippen LogP contribution >= 0.6 is 0 Å².